The van der Waals surface area contributed by atoms with Gasteiger partial charge in [-0.3, -0.25) is 0 Å². The van der Waals surface area contributed by atoms with Gasteiger partial charge in [-0.25, -0.2) is 9.18 Å². The highest BCUT2D eigenvalue weighted by Crippen LogP contribution is 2.27. The van der Waals surface area contributed by atoms with Crippen LogP contribution in [0.1, 0.15) is 32.8 Å². The molecule has 0 heterocycles. The predicted octanol–water partition coefficient (Wildman–Crippen LogP) is 3.79. The van der Waals surface area contributed by atoms with Gasteiger partial charge in [-0.1, -0.05) is 26.0 Å². The molecule has 0 aliphatic rings. The van der Waals surface area contributed by atoms with Gasteiger partial charge in [0.2, 0.25) is 0 Å². The van der Waals surface area contributed by atoms with E-state index in [2.05, 4.69) is 13.8 Å². The highest BCUT2D eigenvalue weighted by Gasteiger charge is 2.17. The van der Waals surface area contributed by atoms with Crippen molar-refractivity contribution in [3.63, 3.8) is 0 Å². The molecule has 0 aromatic heterocycles. The first-order chi connectivity index (χ1) is 9.32. The van der Waals surface area contributed by atoms with Gasteiger partial charge in [0, 0.05) is 24.7 Å². The van der Waals surface area contributed by atoms with Crippen molar-refractivity contribution >= 4 is 17.7 Å². The van der Waals surface area contributed by atoms with Crippen LogP contribution in [0.25, 0.3) is 6.08 Å². The Morgan fingerprint density at radius 2 is 2.05 bits per heavy atom. The van der Waals surface area contributed by atoms with E-state index < -0.39 is 5.97 Å². The lowest BCUT2D eigenvalue weighted by molar-refractivity contribution is -0.131. The highest BCUT2D eigenvalue weighted by atomic mass is 19.1. The molecular weight excluding hydrogens is 257 g/mol. The zero-order valence-corrected chi connectivity index (χ0v) is 12.4. The first-order valence-corrected chi connectivity index (χ1v) is 6.75. The monoisotopic (exact) mass is 279 g/mol. The molecule has 1 rings (SSSR count). The normalized spacial score (nSPS) is 12.9. The van der Waals surface area contributed by atoms with Crippen LogP contribution in [0, 0.1) is 11.7 Å². The third kappa shape index (κ3) is 4.37. The number of rotatable bonds is 6. The Balaban J connectivity index is 3.11. The summed E-state index contributed by atoms with van der Waals surface area (Å²) in [5.41, 5.74) is 1.02. The van der Waals surface area contributed by atoms with Gasteiger partial charge in [-0.15, -0.1) is 0 Å². The molecule has 4 heteroatoms. The number of carboxylic acids is 1. The summed E-state index contributed by atoms with van der Waals surface area (Å²) < 4.78 is 14.1. The number of halogens is 1. The lowest BCUT2D eigenvalue weighted by atomic mass is 10.0. The summed E-state index contributed by atoms with van der Waals surface area (Å²) in [5, 5.41) is 8.71. The predicted molar refractivity (Wildman–Crippen MR) is 80.4 cm³/mol. The van der Waals surface area contributed by atoms with Gasteiger partial charge in [-0.2, -0.15) is 0 Å². The molecule has 1 unspecified atom stereocenters. The molecule has 1 aromatic carbocycles. The fourth-order valence-corrected chi connectivity index (χ4v) is 2.26. The van der Waals surface area contributed by atoms with Crippen molar-refractivity contribution in [3.8, 4) is 0 Å². The van der Waals surface area contributed by atoms with Gasteiger partial charge >= 0.3 is 5.97 Å². The quantitative estimate of drug-likeness (QED) is 0.805. The summed E-state index contributed by atoms with van der Waals surface area (Å²) in [6.07, 6.45) is 3.39. The number of hydrogen-bond donors (Lipinski definition) is 1. The Labute approximate surface area is 119 Å². The molecule has 0 aliphatic heterocycles. The third-order valence-corrected chi connectivity index (χ3v) is 3.25. The molecule has 0 aliphatic carbocycles. The molecule has 1 aromatic rings. The Morgan fingerprint density at radius 3 is 2.60 bits per heavy atom. The Bertz CT molecular complexity index is 497. The molecule has 1 atom stereocenters. The summed E-state index contributed by atoms with van der Waals surface area (Å²) in [5.74, 6) is -0.869. The lowest BCUT2D eigenvalue weighted by Crippen LogP contribution is -2.31. The number of benzene rings is 1. The molecule has 0 spiro atoms. The molecule has 0 saturated heterocycles. The number of carbonyl (C=O) groups is 1. The van der Waals surface area contributed by atoms with E-state index in [9.17, 15) is 9.18 Å². The number of hydrogen-bond acceptors (Lipinski definition) is 2. The van der Waals surface area contributed by atoms with Gasteiger partial charge in [0.25, 0.3) is 0 Å². The molecule has 110 valence electrons. The summed E-state index contributed by atoms with van der Waals surface area (Å²) in [4.78, 5) is 12.5. The molecule has 0 radical (unpaired) electrons. The van der Waals surface area contributed by atoms with Gasteiger partial charge in [0.15, 0.2) is 0 Å². The molecule has 0 saturated carbocycles. The second kappa shape index (κ2) is 7.08. The summed E-state index contributed by atoms with van der Waals surface area (Å²) in [6, 6.07) is 4.87. The van der Waals surface area contributed by atoms with E-state index in [1.807, 2.05) is 18.9 Å². The zero-order chi connectivity index (χ0) is 15.3. The maximum atomic E-state index is 14.1. The SMILES string of the molecule is CC(C)CC(C)N(C)c1c(F)cccc1/C=C/C(=O)O. The number of para-hydroxylation sites is 1. The first kappa shape index (κ1) is 16.2. The minimum absolute atomic E-state index is 0.170. The Hall–Kier alpha value is -1.84. The van der Waals surface area contributed by atoms with Crippen LogP contribution >= 0.6 is 0 Å². The standard InChI is InChI=1S/C16H22FNO2/c1-11(2)10-12(3)18(4)16-13(8-9-15(19)20)6-5-7-14(16)17/h5-9,11-12H,10H2,1-4H3,(H,19,20)/b9-8+. The average molecular weight is 279 g/mol. The van der Waals surface area contributed by atoms with Gasteiger partial charge < -0.3 is 10.0 Å². The third-order valence-electron chi connectivity index (χ3n) is 3.25. The van der Waals surface area contributed by atoms with E-state index in [4.69, 9.17) is 5.11 Å². The summed E-state index contributed by atoms with van der Waals surface area (Å²) >= 11 is 0. The molecule has 20 heavy (non-hydrogen) atoms. The topological polar surface area (TPSA) is 40.5 Å². The number of aliphatic carboxylic acids is 1. The summed E-state index contributed by atoms with van der Waals surface area (Å²) in [7, 11) is 1.84. The minimum Gasteiger partial charge on any atom is -0.478 e. The van der Waals surface area contributed by atoms with Crippen molar-refractivity contribution in [1.29, 1.82) is 0 Å². The molecule has 0 amide bonds. The van der Waals surface area contributed by atoms with Crippen molar-refractivity contribution < 1.29 is 14.3 Å². The molecule has 3 nitrogen and oxygen atoms in total. The van der Waals surface area contributed by atoms with Crippen molar-refractivity contribution in [2.75, 3.05) is 11.9 Å². The maximum Gasteiger partial charge on any atom is 0.328 e. The van der Waals surface area contributed by atoms with Crippen molar-refractivity contribution in [2.45, 2.75) is 33.2 Å². The maximum absolute atomic E-state index is 14.1. The lowest BCUT2D eigenvalue weighted by Gasteiger charge is -2.30. The zero-order valence-electron chi connectivity index (χ0n) is 12.4. The van der Waals surface area contributed by atoms with Crippen LogP contribution in [0.5, 0.6) is 0 Å². The fraction of sp³-hybridized carbons (Fsp3) is 0.438. The van der Waals surface area contributed by atoms with Crippen LogP contribution in [0.15, 0.2) is 24.3 Å². The second-order valence-electron chi connectivity index (χ2n) is 5.44. The van der Waals surface area contributed by atoms with Crippen LogP contribution in [-0.4, -0.2) is 24.2 Å². The van der Waals surface area contributed by atoms with E-state index in [-0.39, 0.29) is 11.9 Å². The van der Waals surface area contributed by atoms with Crippen LogP contribution in [-0.2, 0) is 4.79 Å². The van der Waals surface area contributed by atoms with Crippen molar-refractivity contribution in [2.24, 2.45) is 5.92 Å². The largest absolute Gasteiger partial charge is 0.478 e. The van der Waals surface area contributed by atoms with E-state index in [0.29, 0.717) is 17.2 Å². The first-order valence-electron chi connectivity index (χ1n) is 6.75. The summed E-state index contributed by atoms with van der Waals surface area (Å²) in [6.45, 7) is 6.28. The number of anilines is 1. The molecule has 0 fully saturated rings. The smallest absolute Gasteiger partial charge is 0.328 e. The second-order valence-corrected chi connectivity index (χ2v) is 5.44. The number of nitrogens with zero attached hydrogens (tertiary/aromatic N) is 1. The Morgan fingerprint density at radius 1 is 1.40 bits per heavy atom. The number of carboxylic acid groups (broad SMARTS) is 1. The van der Waals surface area contributed by atoms with Crippen molar-refractivity contribution in [1.82, 2.24) is 0 Å². The minimum atomic E-state index is -1.04. The molecular formula is C16H22FNO2. The Kier molecular flexibility index (Phi) is 5.74. The van der Waals surface area contributed by atoms with E-state index >= 15 is 0 Å². The highest BCUT2D eigenvalue weighted by molar-refractivity contribution is 5.87. The van der Waals surface area contributed by atoms with Crippen LogP contribution < -0.4 is 4.90 Å². The van der Waals surface area contributed by atoms with Gasteiger partial charge in [0.05, 0.1) is 5.69 Å². The van der Waals surface area contributed by atoms with Crippen LogP contribution in [0.3, 0.4) is 0 Å². The molecule has 0 bridgehead atoms. The fourth-order valence-electron chi connectivity index (χ4n) is 2.26. The van der Waals surface area contributed by atoms with Gasteiger partial charge in [0.1, 0.15) is 5.82 Å². The van der Waals surface area contributed by atoms with Crippen LogP contribution in [0.4, 0.5) is 10.1 Å². The van der Waals surface area contributed by atoms with Gasteiger partial charge in [-0.05, 0) is 31.4 Å². The van der Waals surface area contributed by atoms with E-state index in [1.54, 1.807) is 12.1 Å². The van der Waals surface area contributed by atoms with Crippen molar-refractivity contribution in [3.05, 3.63) is 35.7 Å². The van der Waals surface area contributed by atoms with E-state index in [0.717, 1.165) is 12.5 Å². The van der Waals surface area contributed by atoms with E-state index in [1.165, 1.54) is 12.1 Å². The average Bonchev–Trinajstić information content (AvgIpc) is 2.34. The molecule has 1 N–H and O–H groups in total. The van der Waals surface area contributed by atoms with Crippen LogP contribution in [0.2, 0.25) is 0 Å².